The molecule has 0 saturated heterocycles. The average molecular weight is 283 g/mol. The summed E-state index contributed by atoms with van der Waals surface area (Å²) < 4.78 is 13.7. The van der Waals surface area contributed by atoms with E-state index in [1.807, 2.05) is 0 Å². The van der Waals surface area contributed by atoms with Crippen LogP contribution >= 0.6 is 11.3 Å². The number of hydrogen-bond donors (Lipinski definition) is 3. The summed E-state index contributed by atoms with van der Waals surface area (Å²) >= 11 is 1.12. The second kappa shape index (κ2) is 5.33. The number of carboxylic acids is 1. The number of thiophene rings is 1. The van der Waals surface area contributed by atoms with Crippen molar-refractivity contribution in [2.45, 2.75) is 6.04 Å². The molecule has 0 spiro atoms. The zero-order chi connectivity index (χ0) is 14.0. The zero-order valence-electron chi connectivity index (χ0n) is 9.59. The van der Waals surface area contributed by atoms with E-state index in [0.29, 0.717) is 5.39 Å². The maximum absolute atomic E-state index is 13.0. The number of amides is 1. The number of fused-ring (bicyclic) bond motifs is 1. The van der Waals surface area contributed by atoms with Crippen molar-refractivity contribution in [3.8, 4) is 0 Å². The van der Waals surface area contributed by atoms with Gasteiger partial charge in [-0.3, -0.25) is 4.79 Å². The highest BCUT2D eigenvalue weighted by atomic mass is 32.1. The van der Waals surface area contributed by atoms with E-state index in [1.165, 1.54) is 18.2 Å². The van der Waals surface area contributed by atoms with E-state index in [2.05, 4.69) is 5.32 Å². The first kappa shape index (κ1) is 13.4. The molecule has 0 radical (unpaired) electrons. The molecule has 1 aromatic carbocycles. The molecule has 1 aromatic heterocycles. The fourth-order valence-electron chi connectivity index (χ4n) is 1.54. The first-order valence-electron chi connectivity index (χ1n) is 5.35. The number of carboxylic acid groups (broad SMARTS) is 1. The van der Waals surface area contributed by atoms with E-state index in [9.17, 15) is 14.0 Å². The van der Waals surface area contributed by atoms with Crippen LogP contribution in [0.2, 0.25) is 0 Å². The van der Waals surface area contributed by atoms with Gasteiger partial charge in [-0.25, -0.2) is 9.18 Å². The van der Waals surface area contributed by atoms with Crippen LogP contribution in [0.15, 0.2) is 24.3 Å². The number of rotatable bonds is 4. The van der Waals surface area contributed by atoms with Gasteiger partial charge in [-0.05, 0) is 29.7 Å². The molecule has 2 aromatic rings. The third kappa shape index (κ3) is 2.88. The molecule has 2 rings (SSSR count). The minimum absolute atomic E-state index is 0.264. The number of aliphatic hydroxyl groups excluding tert-OH is 1. The lowest BCUT2D eigenvalue weighted by molar-refractivity contribution is -0.140. The van der Waals surface area contributed by atoms with Crippen molar-refractivity contribution in [3.63, 3.8) is 0 Å². The lowest BCUT2D eigenvalue weighted by Crippen LogP contribution is -2.43. The van der Waals surface area contributed by atoms with Gasteiger partial charge in [-0.15, -0.1) is 11.3 Å². The Morgan fingerprint density at radius 3 is 2.74 bits per heavy atom. The molecule has 0 bridgehead atoms. The summed E-state index contributed by atoms with van der Waals surface area (Å²) in [4.78, 5) is 22.8. The molecule has 0 aliphatic heterocycles. The van der Waals surface area contributed by atoms with E-state index in [4.69, 9.17) is 10.2 Å². The highest BCUT2D eigenvalue weighted by molar-refractivity contribution is 7.20. The monoisotopic (exact) mass is 283 g/mol. The molecule has 1 heterocycles. The minimum atomic E-state index is -1.35. The lowest BCUT2D eigenvalue weighted by atomic mass is 10.2. The van der Waals surface area contributed by atoms with Gasteiger partial charge in [-0.2, -0.15) is 0 Å². The number of nitrogens with one attached hydrogen (secondary N) is 1. The third-order valence-electron chi connectivity index (χ3n) is 2.49. The highest BCUT2D eigenvalue weighted by Gasteiger charge is 2.20. The molecule has 100 valence electrons. The van der Waals surface area contributed by atoms with E-state index < -0.39 is 30.3 Å². The first-order chi connectivity index (χ1) is 9.01. The Kier molecular flexibility index (Phi) is 3.77. The van der Waals surface area contributed by atoms with Gasteiger partial charge in [0, 0.05) is 4.70 Å². The fourth-order valence-corrected chi connectivity index (χ4v) is 2.49. The number of halogens is 1. The zero-order valence-corrected chi connectivity index (χ0v) is 10.4. The second-order valence-corrected chi connectivity index (χ2v) is 4.92. The van der Waals surface area contributed by atoms with Gasteiger partial charge in [0.1, 0.15) is 5.82 Å². The number of aliphatic carboxylic acids is 1. The molecule has 7 heteroatoms. The number of hydrogen-bond acceptors (Lipinski definition) is 4. The van der Waals surface area contributed by atoms with Crippen LogP contribution in [0.25, 0.3) is 10.1 Å². The van der Waals surface area contributed by atoms with Crippen molar-refractivity contribution in [2.24, 2.45) is 0 Å². The van der Waals surface area contributed by atoms with Crippen LogP contribution < -0.4 is 5.32 Å². The molecule has 0 aliphatic rings. The molecular formula is C12H10FNO4S. The predicted molar refractivity (Wildman–Crippen MR) is 67.8 cm³/mol. The number of benzene rings is 1. The molecule has 0 unspecified atom stereocenters. The van der Waals surface area contributed by atoms with Gasteiger partial charge >= 0.3 is 5.97 Å². The summed E-state index contributed by atoms with van der Waals surface area (Å²) in [6, 6.07) is 4.26. The second-order valence-electron chi connectivity index (χ2n) is 3.84. The summed E-state index contributed by atoms with van der Waals surface area (Å²) in [5.41, 5.74) is 0. The van der Waals surface area contributed by atoms with Gasteiger partial charge < -0.3 is 15.5 Å². The predicted octanol–water partition coefficient (Wildman–Crippen LogP) is 1.22. The average Bonchev–Trinajstić information content (AvgIpc) is 2.78. The van der Waals surface area contributed by atoms with Crippen LogP contribution in [0.5, 0.6) is 0 Å². The van der Waals surface area contributed by atoms with Gasteiger partial charge in [0.05, 0.1) is 11.5 Å². The molecular weight excluding hydrogens is 273 g/mol. The third-order valence-corrected chi connectivity index (χ3v) is 3.60. The summed E-state index contributed by atoms with van der Waals surface area (Å²) in [6.45, 7) is -0.694. The van der Waals surface area contributed by atoms with Crippen LogP contribution in [-0.2, 0) is 4.79 Å². The van der Waals surface area contributed by atoms with Crippen molar-refractivity contribution >= 4 is 33.3 Å². The van der Waals surface area contributed by atoms with Crippen molar-refractivity contribution in [3.05, 3.63) is 35.0 Å². The quantitative estimate of drug-likeness (QED) is 0.787. The fraction of sp³-hybridized carbons (Fsp3) is 0.167. The van der Waals surface area contributed by atoms with Gasteiger partial charge in [0.2, 0.25) is 0 Å². The lowest BCUT2D eigenvalue weighted by Gasteiger charge is -2.10. The minimum Gasteiger partial charge on any atom is -0.480 e. The summed E-state index contributed by atoms with van der Waals surface area (Å²) in [7, 11) is 0. The van der Waals surface area contributed by atoms with Crippen LogP contribution in [0.1, 0.15) is 9.67 Å². The molecule has 3 N–H and O–H groups in total. The Labute approximate surface area is 111 Å². The molecule has 0 aliphatic carbocycles. The molecule has 0 fully saturated rings. The standard InChI is InChI=1S/C12H10FNO4S/c13-7-1-2-9-6(3-7)4-10(19-9)11(16)14-8(5-15)12(17)18/h1-4,8,15H,5H2,(H,14,16)(H,17,18)/t8-/m1/s1. The van der Waals surface area contributed by atoms with Crippen molar-refractivity contribution < 1.29 is 24.2 Å². The van der Waals surface area contributed by atoms with Gasteiger partial charge in [0.15, 0.2) is 6.04 Å². The number of carbonyl (C=O) groups excluding carboxylic acids is 1. The maximum Gasteiger partial charge on any atom is 0.328 e. The van der Waals surface area contributed by atoms with Crippen molar-refractivity contribution in [1.29, 1.82) is 0 Å². The molecule has 1 atom stereocenters. The molecule has 0 saturated carbocycles. The van der Waals surface area contributed by atoms with E-state index >= 15 is 0 Å². The topological polar surface area (TPSA) is 86.6 Å². The molecule has 5 nitrogen and oxygen atoms in total. The summed E-state index contributed by atoms with van der Waals surface area (Å²) in [6.07, 6.45) is 0. The first-order valence-corrected chi connectivity index (χ1v) is 6.16. The summed E-state index contributed by atoms with van der Waals surface area (Å²) in [5, 5.41) is 20.3. The Hall–Kier alpha value is -1.99. The van der Waals surface area contributed by atoms with Crippen molar-refractivity contribution in [2.75, 3.05) is 6.61 Å². The van der Waals surface area contributed by atoms with E-state index in [0.717, 1.165) is 16.0 Å². The van der Waals surface area contributed by atoms with Gasteiger partial charge in [-0.1, -0.05) is 0 Å². The summed E-state index contributed by atoms with van der Waals surface area (Å²) in [5.74, 6) is -2.33. The highest BCUT2D eigenvalue weighted by Crippen LogP contribution is 2.26. The molecule has 1 amide bonds. The molecule has 19 heavy (non-hydrogen) atoms. The normalized spacial score (nSPS) is 12.3. The Morgan fingerprint density at radius 2 is 2.11 bits per heavy atom. The van der Waals surface area contributed by atoms with Crippen LogP contribution in [-0.4, -0.2) is 34.7 Å². The van der Waals surface area contributed by atoms with Crippen LogP contribution in [0, 0.1) is 5.82 Å². The van der Waals surface area contributed by atoms with Gasteiger partial charge in [0.25, 0.3) is 5.91 Å². The number of aliphatic hydroxyl groups is 1. The van der Waals surface area contributed by atoms with E-state index in [-0.39, 0.29) is 4.88 Å². The SMILES string of the molecule is O=C(N[C@H](CO)C(=O)O)c1cc2cc(F)ccc2s1. The van der Waals surface area contributed by atoms with Crippen LogP contribution in [0.3, 0.4) is 0 Å². The van der Waals surface area contributed by atoms with E-state index in [1.54, 1.807) is 6.07 Å². The number of carbonyl (C=O) groups is 2. The Morgan fingerprint density at radius 1 is 1.37 bits per heavy atom. The maximum atomic E-state index is 13.0. The van der Waals surface area contributed by atoms with Crippen LogP contribution in [0.4, 0.5) is 4.39 Å². The Bertz CT molecular complexity index is 640. The largest absolute Gasteiger partial charge is 0.480 e. The van der Waals surface area contributed by atoms with Crippen molar-refractivity contribution in [1.82, 2.24) is 5.32 Å². The Balaban J connectivity index is 2.24. The smallest absolute Gasteiger partial charge is 0.328 e.